The Morgan fingerprint density at radius 2 is 1.44 bits per heavy atom. The molecule has 0 heterocycles. The Hall–Kier alpha value is -2.24. The minimum atomic E-state index is -0.647. The molecule has 86 valence electrons. The largest absolute Gasteiger partial charge is 0.465 e. The lowest BCUT2D eigenvalue weighted by molar-refractivity contribution is 0.0588. The zero-order valence-electron chi connectivity index (χ0n) is 8.94. The molecule has 6 nitrogen and oxygen atoms in total. The summed E-state index contributed by atoms with van der Waals surface area (Å²) < 4.78 is 9.02. The van der Waals surface area contributed by atoms with Crippen molar-refractivity contribution in [3.63, 3.8) is 0 Å². The van der Waals surface area contributed by atoms with Gasteiger partial charge in [0, 0.05) is 11.4 Å². The minimum Gasteiger partial charge on any atom is -0.465 e. The van der Waals surface area contributed by atoms with E-state index in [2.05, 4.69) is 9.47 Å². The Morgan fingerprint density at radius 3 is 1.81 bits per heavy atom. The summed E-state index contributed by atoms with van der Waals surface area (Å²) in [5.41, 5.74) is 11.6. The topological polar surface area (TPSA) is 105 Å². The molecule has 0 amide bonds. The molecule has 0 saturated carbocycles. The summed E-state index contributed by atoms with van der Waals surface area (Å²) in [5, 5.41) is 0. The highest BCUT2D eigenvalue weighted by Crippen LogP contribution is 2.23. The molecule has 0 radical (unpaired) electrons. The third-order valence-corrected chi connectivity index (χ3v) is 2.01. The number of rotatable bonds is 2. The molecule has 1 aromatic carbocycles. The number of methoxy groups -OCH3 is 2. The molecular formula is C10H12N2O4. The Kier molecular flexibility index (Phi) is 3.34. The minimum absolute atomic E-state index is 0.0511. The van der Waals surface area contributed by atoms with Crippen LogP contribution >= 0.6 is 0 Å². The second-order valence-electron chi connectivity index (χ2n) is 3.01. The molecule has 1 rings (SSSR count). The Morgan fingerprint density at radius 1 is 1.00 bits per heavy atom. The van der Waals surface area contributed by atoms with Crippen molar-refractivity contribution in [1.29, 1.82) is 0 Å². The standard InChI is InChI=1S/C10H12N2O4/c1-15-9(13)5-3-6(11)8(7(12)4-5)10(14)16-2/h3-4H,11-12H2,1-2H3. The van der Waals surface area contributed by atoms with E-state index in [9.17, 15) is 9.59 Å². The van der Waals surface area contributed by atoms with E-state index in [4.69, 9.17) is 11.5 Å². The highest BCUT2D eigenvalue weighted by molar-refractivity contribution is 6.03. The van der Waals surface area contributed by atoms with E-state index in [-0.39, 0.29) is 22.5 Å². The smallest absolute Gasteiger partial charge is 0.342 e. The van der Waals surface area contributed by atoms with Gasteiger partial charge in [-0.25, -0.2) is 9.59 Å². The van der Waals surface area contributed by atoms with E-state index >= 15 is 0 Å². The first-order chi connectivity index (χ1) is 7.51. The summed E-state index contributed by atoms with van der Waals surface area (Å²) in [7, 11) is 2.46. The second-order valence-corrected chi connectivity index (χ2v) is 3.01. The van der Waals surface area contributed by atoms with Crippen molar-refractivity contribution in [1.82, 2.24) is 0 Å². The SMILES string of the molecule is COC(=O)c1cc(N)c(C(=O)OC)c(N)c1. The molecular weight excluding hydrogens is 212 g/mol. The first-order valence-electron chi connectivity index (χ1n) is 4.37. The summed E-state index contributed by atoms with van der Waals surface area (Å²) in [6.07, 6.45) is 0. The number of ether oxygens (including phenoxy) is 2. The number of nitrogen functional groups attached to an aromatic ring is 2. The third kappa shape index (κ3) is 2.05. The Bertz CT molecular complexity index is 419. The number of carbonyl (C=O) groups excluding carboxylic acids is 2. The lowest BCUT2D eigenvalue weighted by Crippen LogP contribution is -2.12. The first kappa shape index (κ1) is 11.8. The van der Waals surface area contributed by atoms with E-state index in [0.717, 1.165) is 0 Å². The highest BCUT2D eigenvalue weighted by Gasteiger charge is 2.17. The van der Waals surface area contributed by atoms with Gasteiger partial charge in [-0.05, 0) is 12.1 Å². The predicted octanol–water partition coefficient (Wildman–Crippen LogP) is 0.424. The lowest BCUT2D eigenvalue weighted by Gasteiger charge is -2.09. The summed E-state index contributed by atoms with van der Waals surface area (Å²) in [5.74, 6) is -1.22. The number of carbonyl (C=O) groups is 2. The van der Waals surface area contributed by atoms with Gasteiger partial charge in [0.25, 0.3) is 0 Å². The van der Waals surface area contributed by atoms with Gasteiger partial charge in [0.05, 0.1) is 19.8 Å². The molecule has 16 heavy (non-hydrogen) atoms. The summed E-state index contributed by atoms with van der Waals surface area (Å²) >= 11 is 0. The molecule has 6 heteroatoms. The molecule has 4 N–H and O–H groups in total. The van der Waals surface area contributed by atoms with Crippen LogP contribution in [0.5, 0.6) is 0 Å². The molecule has 0 unspecified atom stereocenters. The molecule has 0 bridgehead atoms. The quantitative estimate of drug-likeness (QED) is 0.557. The van der Waals surface area contributed by atoms with Crippen LogP contribution in [0.3, 0.4) is 0 Å². The molecule has 0 aliphatic rings. The fourth-order valence-electron chi connectivity index (χ4n) is 1.26. The molecule has 0 atom stereocenters. The normalized spacial score (nSPS) is 9.62. The van der Waals surface area contributed by atoms with E-state index in [0.29, 0.717) is 0 Å². The third-order valence-electron chi connectivity index (χ3n) is 2.01. The number of nitrogens with two attached hydrogens (primary N) is 2. The van der Waals surface area contributed by atoms with Crippen molar-refractivity contribution < 1.29 is 19.1 Å². The molecule has 0 aromatic heterocycles. The summed E-state index contributed by atoms with van der Waals surface area (Å²) in [4.78, 5) is 22.5. The van der Waals surface area contributed by atoms with Gasteiger partial charge in [-0.1, -0.05) is 0 Å². The summed E-state index contributed by atoms with van der Waals surface area (Å²) in [6.45, 7) is 0. The van der Waals surface area contributed by atoms with Gasteiger partial charge in [-0.15, -0.1) is 0 Å². The maximum absolute atomic E-state index is 11.3. The molecule has 0 aliphatic carbocycles. The van der Waals surface area contributed by atoms with Crippen LogP contribution in [0.2, 0.25) is 0 Å². The Balaban J connectivity index is 3.28. The van der Waals surface area contributed by atoms with Crippen molar-refractivity contribution >= 4 is 23.3 Å². The number of esters is 2. The van der Waals surface area contributed by atoms with Gasteiger partial charge < -0.3 is 20.9 Å². The number of anilines is 2. The maximum Gasteiger partial charge on any atom is 0.342 e. The fourth-order valence-corrected chi connectivity index (χ4v) is 1.26. The van der Waals surface area contributed by atoms with Crippen LogP contribution in [0.4, 0.5) is 11.4 Å². The lowest BCUT2D eigenvalue weighted by atomic mass is 10.1. The van der Waals surface area contributed by atoms with Crippen molar-refractivity contribution in [2.45, 2.75) is 0 Å². The van der Waals surface area contributed by atoms with Crippen molar-refractivity contribution in [3.05, 3.63) is 23.3 Å². The average Bonchev–Trinajstić information content (AvgIpc) is 2.26. The van der Waals surface area contributed by atoms with Gasteiger partial charge in [0.15, 0.2) is 0 Å². The molecule has 0 saturated heterocycles. The zero-order chi connectivity index (χ0) is 12.3. The van der Waals surface area contributed by atoms with Crippen LogP contribution in [0.15, 0.2) is 12.1 Å². The monoisotopic (exact) mass is 224 g/mol. The second kappa shape index (κ2) is 4.52. The first-order valence-corrected chi connectivity index (χ1v) is 4.37. The Labute approximate surface area is 92.1 Å². The predicted molar refractivity (Wildman–Crippen MR) is 57.9 cm³/mol. The van der Waals surface area contributed by atoms with Crippen LogP contribution in [0, 0.1) is 0 Å². The van der Waals surface area contributed by atoms with E-state index in [1.54, 1.807) is 0 Å². The van der Waals surface area contributed by atoms with Crippen LogP contribution in [-0.4, -0.2) is 26.2 Å². The van der Waals surface area contributed by atoms with Gasteiger partial charge in [-0.2, -0.15) is 0 Å². The highest BCUT2D eigenvalue weighted by atomic mass is 16.5. The molecule has 0 spiro atoms. The van der Waals surface area contributed by atoms with E-state index in [1.807, 2.05) is 0 Å². The number of hydrogen-bond donors (Lipinski definition) is 2. The van der Waals surface area contributed by atoms with Crippen molar-refractivity contribution in [2.24, 2.45) is 0 Å². The van der Waals surface area contributed by atoms with E-state index < -0.39 is 11.9 Å². The van der Waals surface area contributed by atoms with E-state index in [1.165, 1.54) is 26.4 Å². The van der Waals surface area contributed by atoms with Crippen molar-refractivity contribution in [3.8, 4) is 0 Å². The van der Waals surface area contributed by atoms with Crippen LogP contribution in [-0.2, 0) is 9.47 Å². The summed E-state index contributed by atoms with van der Waals surface area (Å²) in [6, 6.07) is 2.63. The van der Waals surface area contributed by atoms with Crippen LogP contribution < -0.4 is 11.5 Å². The molecule has 0 fully saturated rings. The van der Waals surface area contributed by atoms with Gasteiger partial charge >= 0.3 is 11.9 Å². The fraction of sp³-hybridized carbons (Fsp3) is 0.200. The van der Waals surface area contributed by atoms with Crippen molar-refractivity contribution in [2.75, 3.05) is 25.7 Å². The zero-order valence-corrected chi connectivity index (χ0v) is 8.94. The van der Waals surface area contributed by atoms with Gasteiger partial charge in [0.2, 0.25) is 0 Å². The number of benzene rings is 1. The van der Waals surface area contributed by atoms with Crippen LogP contribution in [0.1, 0.15) is 20.7 Å². The number of hydrogen-bond acceptors (Lipinski definition) is 6. The maximum atomic E-state index is 11.3. The average molecular weight is 224 g/mol. The molecule has 1 aromatic rings. The van der Waals surface area contributed by atoms with Gasteiger partial charge in [0.1, 0.15) is 5.56 Å². The van der Waals surface area contributed by atoms with Crippen LogP contribution in [0.25, 0.3) is 0 Å². The molecule has 0 aliphatic heterocycles. The van der Waals surface area contributed by atoms with Gasteiger partial charge in [-0.3, -0.25) is 0 Å².